The van der Waals surface area contributed by atoms with E-state index in [1.54, 1.807) is 18.4 Å². The number of thiazole rings is 1. The van der Waals surface area contributed by atoms with Gasteiger partial charge < -0.3 is 14.5 Å². The van der Waals surface area contributed by atoms with E-state index < -0.39 is 0 Å². The Morgan fingerprint density at radius 1 is 1.17 bits per heavy atom. The monoisotopic (exact) mass is 500 g/mol. The van der Waals surface area contributed by atoms with Crippen LogP contribution in [0.2, 0.25) is 0 Å². The number of piperidine rings is 1. The highest BCUT2D eigenvalue weighted by molar-refractivity contribution is 7.10. The van der Waals surface area contributed by atoms with E-state index in [0.29, 0.717) is 11.9 Å². The molecule has 0 radical (unpaired) electrons. The molecular formula is C29H32N4O2S. The third-order valence-corrected chi connectivity index (χ3v) is 8.79. The van der Waals surface area contributed by atoms with Gasteiger partial charge in [-0.1, -0.05) is 41.6 Å². The lowest BCUT2D eigenvalue weighted by Crippen LogP contribution is -2.38. The van der Waals surface area contributed by atoms with Crippen molar-refractivity contribution >= 4 is 28.8 Å². The Kier molecular flexibility index (Phi) is 6.04. The number of hydrogen-bond acceptors (Lipinski definition) is 6. The fourth-order valence-electron chi connectivity index (χ4n) is 5.66. The number of hydrogen-bond donors (Lipinski definition) is 0. The van der Waals surface area contributed by atoms with Crippen LogP contribution < -0.4 is 0 Å². The van der Waals surface area contributed by atoms with Crippen LogP contribution in [0.1, 0.15) is 64.6 Å². The minimum atomic E-state index is -0.299. The molecule has 6 nitrogen and oxygen atoms in total. The first-order valence-corrected chi connectivity index (χ1v) is 13.7. The molecule has 2 aromatic carbocycles. The quantitative estimate of drug-likeness (QED) is 0.316. The van der Waals surface area contributed by atoms with Gasteiger partial charge in [-0.05, 0) is 62.3 Å². The molecule has 1 fully saturated rings. The fraction of sp³-hybridized carbons (Fsp3) is 0.414. The summed E-state index contributed by atoms with van der Waals surface area (Å²) in [6, 6.07) is 15.6. The average Bonchev–Trinajstić information content (AvgIpc) is 3.65. The summed E-state index contributed by atoms with van der Waals surface area (Å²) >= 11 is 1.75. The van der Waals surface area contributed by atoms with Gasteiger partial charge in [0.1, 0.15) is 5.71 Å². The Morgan fingerprint density at radius 3 is 2.83 bits per heavy atom. The second-order valence-electron chi connectivity index (χ2n) is 10.2. The van der Waals surface area contributed by atoms with Crippen LogP contribution in [0.4, 0.5) is 5.69 Å². The van der Waals surface area contributed by atoms with E-state index in [9.17, 15) is 0 Å². The maximum absolute atomic E-state index is 6.09. The van der Waals surface area contributed by atoms with Gasteiger partial charge in [0.05, 0.1) is 23.5 Å². The topological polar surface area (TPSA) is 59.3 Å². The predicted octanol–water partition coefficient (Wildman–Crippen LogP) is 6.24. The number of likely N-dealkylation sites (tertiary alicyclic amines) is 1. The standard InChI is InChI=1S/C29H32N4O2S/c1-19-8-9-20(2)24(16-19)31-28(34-3)33-14-11-22(12-15-33)27-30-26(18-36-27)25-17-29(35-32-25)13-10-21-6-4-5-7-23(21)29/h4-9,16,18,22H,10-15,17H2,1-3H3. The molecule has 0 N–H and O–H groups in total. The Balaban J connectivity index is 1.11. The lowest BCUT2D eigenvalue weighted by molar-refractivity contribution is -0.0215. The van der Waals surface area contributed by atoms with E-state index >= 15 is 0 Å². The minimum absolute atomic E-state index is 0.299. The van der Waals surface area contributed by atoms with Gasteiger partial charge in [0, 0.05) is 36.4 Å². The summed E-state index contributed by atoms with van der Waals surface area (Å²) in [6.45, 7) is 5.99. The second kappa shape index (κ2) is 9.36. The SMILES string of the molecule is COC(=Nc1cc(C)ccc1C)N1CCC(c2nc(C3=NOC4(CCc5ccccc54)C3)cs2)CC1. The molecule has 2 aliphatic heterocycles. The number of aliphatic imine (C=N–C) groups is 1. The van der Waals surface area contributed by atoms with Crippen molar-refractivity contribution < 1.29 is 9.57 Å². The smallest absolute Gasteiger partial charge is 0.292 e. The lowest BCUT2D eigenvalue weighted by atomic mass is 9.90. The summed E-state index contributed by atoms with van der Waals surface area (Å²) in [4.78, 5) is 18.2. The Bertz CT molecular complexity index is 1340. The number of benzene rings is 2. The van der Waals surface area contributed by atoms with Crippen LogP contribution in [-0.4, -0.2) is 41.8 Å². The van der Waals surface area contributed by atoms with Crippen molar-refractivity contribution in [3.8, 4) is 0 Å². The lowest BCUT2D eigenvalue weighted by Gasteiger charge is -2.32. The van der Waals surface area contributed by atoms with Gasteiger partial charge in [-0.25, -0.2) is 4.98 Å². The van der Waals surface area contributed by atoms with Crippen molar-refractivity contribution in [1.82, 2.24) is 9.88 Å². The van der Waals surface area contributed by atoms with Crippen LogP contribution in [0.3, 0.4) is 0 Å². The van der Waals surface area contributed by atoms with Crippen LogP contribution in [-0.2, 0) is 21.6 Å². The third kappa shape index (κ3) is 4.19. The predicted molar refractivity (Wildman–Crippen MR) is 144 cm³/mol. The van der Waals surface area contributed by atoms with Crippen LogP contribution in [0.15, 0.2) is 58.0 Å². The summed E-state index contributed by atoms with van der Waals surface area (Å²) in [6.07, 6.45) is 4.90. The first-order valence-electron chi connectivity index (χ1n) is 12.8. The number of oxime groups is 1. The molecule has 7 heteroatoms. The molecule has 3 aliphatic rings. The molecule has 0 amide bonds. The normalized spacial score (nSPS) is 22.0. The van der Waals surface area contributed by atoms with Gasteiger partial charge >= 0.3 is 0 Å². The summed E-state index contributed by atoms with van der Waals surface area (Å²) in [5.41, 5.74) is 7.67. The summed E-state index contributed by atoms with van der Waals surface area (Å²) in [5.74, 6) is 0.447. The molecule has 6 rings (SSSR count). The molecule has 0 bridgehead atoms. The number of rotatable bonds is 3. The molecule has 1 aromatic heterocycles. The summed E-state index contributed by atoms with van der Waals surface area (Å²) in [7, 11) is 1.71. The molecule has 3 heterocycles. The zero-order valence-electron chi connectivity index (χ0n) is 21.2. The number of ether oxygens (including phenoxy) is 1. The maximum atomic E-state index is 6.09. The van der Waals surface area contributed by atoms with E-state index in [-0.39, 0.29) is 5.60 Å². The molecule has 1 saturated heterocycles. The molecule has 186 valence electrons. The highest BCUT2D eigenvalue weighted by atomic mass is 32.1. The van der Waals surface area contributed by atoms with Gasteiger partial charge in [-0.3, -0.25) is 0 Å². The van der Waals surface area contributed by atoms with Crippen LogP contribution in [0.25, 0.3) is 0 Å². The number of methoxy groups -OCH3 is 1. The van der Waals surface area contributed by atoms with E-state index in [0.717, 1.165) is 67.9 Å². The molecule has 0 saturated carbocycles. The number of nitrogens with zero attached hydrogens (tertiary/aromatic N) is 4. The average molecular weight is 501 g/mol. The van der Waals surface area contributed by atoms with Gasteiger partial charge in [0.15, 0.2) is 5.60 Å². The number of fused-ring (bicyclic) bond motifs is 2. The Hall–Kier alpha value is -3.19. The Morgan fingerprint density at radius 2 is 2.00 bits per heavy atom. The first kappa shape index (κ1) is 23.2. The van der Waals surface area contributed by atoms with E-state index in [4.69, 9.17) is 19.6 Å². The van der Waals surface area contributed by atoms with Crippen molar-refractivity contribution in [2.24, 2.45) is 10.1 Å². The number of aromatic nitrogens is 1. The molecule has 1 aliphatic carbocycles. The van der Waals surface area contributed by atoms with Gasteiger partial charge in [-0.2, -0.15) is 4.99 Å². The van der Waals surface area contributed by atoms with Crippen molar-refractivity contribution in [1.29, 1.82) is 0 Å². The van der Waals surface area contributed by atoms with Crippen LogP contribution in [0.5, 0.6) is 0 Å². The van der Waals surface area contributed by atoms with Gasteiger partial charge in [0.25, 0.3) is 6.02 Å². The Labute approximate surface area is 216 Å². The van der Waals surface area contributed by atoms with Gasteiger partial charge in [-0.15, -0.1) is 11.3 Å². The van der Waals surface area contributed by atoms with E-state index in [2.05, 4.69) is 71.7 Å². The molecule has 1 spiro atoms. The van der Waals surface area contributed by atoms with Crippen molar-refractivity contribution in [3.05, 3.63) is 80.8 Å². The molecule has 3 aromatic rings. The molecule has 1 unspecified atom stereocenters. The van der Waals surface area contributed by atoms with Crippen LogP contribution >= 0.6 is 11.3 Å². The van der Waals surface area contributed by atoms with E-state index in [1.165, 1.54) is 21.7 Å². The van der Waals surface area contributed by atoms with Gasteiger partial charge in [0.2, 0.25) is 0 Å². The second-order valence-corrected chi connectivity index (χ2v) is 11.1. The fourth-order valence-corrected chi connectivity index (χ4v) is 6.66. The number of aryl methyl sites for hydroxylation is 3. The first-order chi connectivity index (χ1) is 17.5. The summed E-state index contributed by atoms with van der Waals surface area (Å²) in [5, 5.41) is 7.88. The highest BCUT2D eigenvalue weighted by Gasteiger charge is 2.46. The third-order valence-electron chi connectivity index (χ3n) is 7.79. The maximum Gasteiger partial charge on any atom is 0.292 e. The largest absolute Gasteiger partial charge is 0.468 e. The van der Waals surface area contributed by atoms with Crippen molar-refractivity contribution in [3.63, 3.8) is 0 Å². The van der Waals surface area contributed by atoms with Crippen molar-refractivity contribution in [2.45, 2.75) is 57.5 Å². The molecule has 1 atom stereocenters. The zero-order chi connectivity index (χ0) is 24.7. The van der Waals surface area contributed by atoms with E-state index in [1.807, 2.05) is 0 Å². The summed E-state index contributed by atoms with van der Waals surface area (Å²) < 4.78 is 5.71. The minimum Gasteiger partial charge on any atom is -0.468 e. The zero-order valence-corrected chi connectivity index (χ0v) is 22.0. The molecule has 36 heavy (non-hydrogen) atoms. The number of amidine groups is 1. The highest BCUT2D eigenvalue weighted by Crippen LogP contribution is 2.46. The van der Waals surface area contributed by atoms with Crippen LogP contribution in [0, 0.1) is 13.8 Å². The van der Waals surface area contributed by atoms with Crippen molar-refractivity contribution in [2.75, 3.05) is 20.2 Å². The molecular weight excluding hydrogens is 468 g/mol.